The quantitative estimate of drug-likeness (QED) is 0.820. The van der Waals surface area contributed by atoms with Crippen LogP contribution in [0.25, 0.3) is 0 Å². The lowest BCUT2D eigenvalue weighted by Crippen LogP contribution is -2.46. The average molecular weight is 235 g/mol. The summed E-state index contributed by atoms with van der Waals surface area (Å²) in [4.78, 5) is 0. The summed E-state index contributed by atoms with van der Waals surface area (Å²) >= 11 is 0. The van der Waals surface area contributed by atoms with E-state index in [0.717, 1.165) is 37.1 Å². The highest BCUT2D eigenvalue weighted by Crippen LogP contribution is 2.30. The van der Waals surface area contributed by atoms with Crippen LogP contribution in [-0.4, -0.2) is 24.4 Å². The Bertz CT molecular complexity index is 386. The molecule has 1 fully saturated rings. The Labute approximate surface area is 103 Å². The zero-order valence-electron chi connectivity index (χ0n) is 10.6. The van der Waals surface area contributed by atoms with Gasteiger partial charge in [0, 0.05) is 18.7 Å². The molecule has 2 rings (SSSR count). The fourth-order valence-electron chi connectivity index (χ4n) is 2.24. The second kappa shape index (κ2) is 5.07. The normalized spacial score (nSPS) is 17.6. The van der Waals surface area contributed by atoms with Crippen molar-refractivity contribution in [3.8, 4) is 5.75 Å². The van der Waals surface area contributed by atoms with Crippen LogP contribution in [-0.2, 0) is 6.54 Å². The number of aryl methyl sites for hydroxylation is 1. The number of hydrogen-bond acceptors (Lipinski definition) is 3. The Hall–Kier alpha value is -1.06. The maximum Gasteiger partial charge on any atom is 0.123 e. The van der Waals surface area contributed by atoms with Crippen molar-refractivity contribution < 1.29 is 9.84 Å². The van der Waals surface area contributed by atoms with Crippen molar-refractivity contribution in [1.29, 1.82) is 0 Å². The maximum absolute atomic E-state index is 9.98. The second-order valence-corrected chi connectivity index (χ2v) is 5.00. The fourth-order valence-corrected chi connectivity index (χ4v) is 2.24. The largest absolute Gasteiger partial charge is 0.496 e. The van der Waals surface area contributed by atoms with E-state index in [1.54, 1.807) is 7.11 Å². The van der Waals surface area contributed by atoms with Crippen LogP contribution in [0.2, 0.25) is 0 Å². The van der Waals surface area contributed by atoms with Gasteiger partial charge in [0.25, 0.3) is 0 Å². The van der Waals surface area contributed by atoms with Crippen molar-refractivity contribution in [2.24, 2.45) is 0 Å². The Morgan fingerprint density at radius 3 is 2.76 bits per heavy atom. The topological polar surface area (TPSA) is 41.5 Å². The fraction of sp³-hybridized carbons (Fsp3) is 0.571. The molecule has 0 saturated heterocycles. The summed E-state index contributed by atoms with van der Waals surface area (Å²) in [7, 11) is 1.69. The van der Waals surface area contributed by atoms with Gasteiger partial charge >= 0.3 is 0 Å². The number of ether oxygens (including phenoxy) is 1. The van der Waals surface area contributed by atoms with Gasteiger partial charge in [-0.1, -0.05) is 17.7 Å². The van der Waals surface area contributed by atoms with Gasteiger partial charge < -0.3 is 15.2 Å². The first-order valence-corrected chi connectivity index (χ1v) is 6.20. The second-order valence-electron chi connectivity index (χ2n) is 5.00. The van der Waals surface area contributed by atoms with E-state index in [4.69, 9.17) is 4.74 Å². The number of benzene rings is 1. The van der Waals surface area contributed by atoms with Crippen molar-refractivity contribution in [3.05, 3.63) is 29.3 Å². The Balaban J connectivity index is 1.91. The number of nitrogens with one attached hydrogen (secondary N) is 1. The molecule has 3 heteroatoms. The minimum absolute atomic E-state index is 0.461. The molecule has 0 heterocycles. The minimum Gasteiger partial charge on any atom is -0.496 e. The predicted octanol–water partition coefficient (Wildman–Crippen LogP) is 2.01. The molecule has 1 aromatic rings. The van der Waals surface area contributed by atoms with Crippen LogP contribution >= 0.6 is 0 Å². The summed E-state index contributed by atoms with van der Waals surface area (Å²) in [5.74, 6) is 0.906. The molecular weight excluding hydrogens is 214 g/mol. The van der Waals surface area contributed by atoms with E-state index in [1.807, 2.05) is 12.1 Å². The highest BCUT2D eigenvalue weighted by atomic mass is 16.5. The van der Waals surface area contributed by atoms with E-state index in [2.05, 4.69) is 18.3 Å². The molecule has 1 aromatic carbocycles. The molecule has 1 aliphatic rings. The highest BCUT2D eigenvalue weighted by molar-refractivity contribution is 5.36. The van der Waals surface area contributed by atoms with Crippen LogP contribution in [0.15, 0.2) is 18.2 Å². The lowest BCUT2D eigenvalue weighted by molar-refractivity contribution is -0.0315. The van der Waals surface area contributed by atoms with E-state index in [9.17, 15) is 5.11 Å². The minimum atomic E-state index is -0.461. The highest BCUT2D eigenvalue weighted by Gasteiger charge is 2.33. The van der Waals surface area contributed by atoms with Crippen molar-refractivity contribution in [2.45, 2.75) is 38.3 Å². The van der Waals surface area contributed by atoms with Crippen LogP contribution in [0.5, 0.6) is 5.75 Å². The molecule has 1 saturated carbocycles. The third kappa shape index (κ3) is 2.99. The van der Waals surface area contributed by atoms with Gasteiger partial charge in [-0.2, -0.15) is 0 Å². The van der Waals surface area contributed by atoms with Gasteiger partial charge in [-0.3, -0.25) is 0 Å². The van der Waals surface area contributed by atoms with Crippen LogP contribution in [0.3, 0.4) is 0 Å². The first kappa shape index (κ1) is 12.4. The molecular formula is C14H21NO2. The van der Waals surface area contributed by atoms with Crippen molar-refractivity contribution >= 4 is 0 Å². The molecule has 94 valence electrons. The molecule has 0 atom stereocenters. The molecule has 17 heavy (non-hydrogen) atoms. The van der Waals surface area contributed by atoms with Crippen LogP contribution in [0, 0.1) is 6.92 Å². The molecule has 0 spiro atoms. The molecule has 3 nitrogen and oxygen atoms in total. The van der Waals surface area contributed by atoms with Gasteiger partial charge in [0.2, 0.25) is 0 Å². The number of rotatable bonds is 5. The summed E-state index contributed by atoms with van der Waals surface area (Å²) in [5.41, 5.74) is 1.91. The summed E-state index contributed by atoms with van der Waals surface area (Å²) in [6.45, 7) is 3.49. The standard InChI is InChI=1S/C14H21NO2/c1-11-4-5-13(17-2)12(8-11)9-15-10-14(16)6-3-7-14/h4-5,8,15-16H,3,6-7,9-10H2,1-2H3. The molecule has 0 aromatic heterocycles. The van der Waals surface area contributed by atoms with Crippen LogP contribution in [0.1, 0.15) is 30.4 Å². The van der Waals surface area contributed by atoms with E-state index in [0.29, 0.717) is 6.54 Å². The van der Waals surface area contributed by atoms with Crippen LogP contribution < -0.4 is 10.1 Å². The lowest BCUT2D eigenvalue weighted by Gasteiger charge is -2.36. The van der Waals surface area contributed by atoms with Gasteiger partial charge in [0.05, 0.1) is 12.7 Å². The molecule has 1 aliphatic carbocycles. The van der Waals surface area contributed by atoms with E-state index in [1.165, 1.54) is 5.56 Å². The predicted molar refractivity (Wildman–Crippen MR) is 68.2 cm³/mol. The average Bonchev–Trinajstić information content (AvgIpc) is 2.27. The molecule has 0 aliphatic heterocycles. The van der Waals surface area contributed by atoms with Gasteiger partial charge in [0.1, 0.15) is 5.75 Å². The van der Waals surface area contributed by atoms with Gasteiger partial charge in [-0.25, -0.2) is 0 Å². The van der Waals surface area contributed by atoms with E-state index in [-0.39, 0.29) is 0 Å². The number of aliphatic hydroxyl groups is 1. The van der Waals surface area contributed by atoms with Crippen LogP contribution in [0.4, 0.5) is 0 Å². The smallest absolute Gasteiger partial charge is 0.123 e. The summed E-state index contributed by atoms with van der Waals surface area (Å²) in [6.07, 6.45) is 2.99. The summed E-state index contributed by atoms with van der Waals surface area (Å²) < 4.78 is 5.32. The van der Waals surface area contributed by atoms with E-state index >= 15 is 0 Å². The summed E-state index contributed by atoms with van der Waals surface area (Å²) in [6, 6.07) is 6.16. The third-order valence-corrected chi connectivity index (χ3v) is 3.49. The monoisotopic (exact) mass is 235 g/mol. The first-order chi connectivity index (χ1) is 8.13. The third-order valence-electron chi connectivity index (χ3n) is 3.49. The summed E-state index contributed by atoms with van der Waals surface area (Å²) in [5, 5.41) is 13.3. The molecule has 2 N–H and O–H groups in total. The Morgan fingerprint density at radius 1 is 1.41 bits per heavy atom. The first-order valence-electron chi connectivity index (χ1n) is 6.20. The molecule has 0 bridgehead atoms. The lowest BCUT2D eigenvalue weighted by atomic mass is 9.80. The van der Waals surface area contributed by atoms with Gasteiger partial charge in [-0.15, -0.1) is 0 Å². The molecule has 0 unspecified atom stereocenters. The maximum atomic E-state index is 9.98. The van der Waals surface area contributed by atoms with E-state index < -0.39 is 5.60 Å². The SMILES string of the molecule is COc1ccc(C)cc1CNCC1(O)CCC1. The Morgan fingerprint density at radius 2 is 2.18 bits per heavy atom. The zero-order valence-corrected chi connectivity index (χ0v) is 10.6. The number of hydrogen-bond donors (Lipinski definition) is 2. The molecule has 0 radical (unpaired) electrons. The number of methoxy groups -OCH3 is 1. The molecule has 0 amide bonds. The van der Waals surface area contributed by atoms with Crippen molar-refractivity contribution in [1.82, 2.24) is 5.32 Å². The van der Waals surface area contributed by atoms with Crippen molar-refractivity contribution in [3.63, 3.8) is 0 Å². The Kier molecular flexibility index (Phi) is 3.69. The van der Waals surface area contributed by atoms with Crippen molar-refractivity contribution in [2.75, 3.05) is 13.7 Å². The van der Waals surface area contributed by atoms with Gasteiger partial charge in [0.15, 0.2) is 0 Å². The zero-order chi connectivity index (χ0) is 12.3. The van der Waals surface area contributed by atoms with Gasteiger partial charge in [-0.05, 0) is 32.3 Å².